The molecule has 1 aromatic rings. The first-order valence-electron chi connectivity index (χ1n) is 5.07. The lowest BCUT2D eigenvalue weighted by Crippen LogP contribution is -2.18. The zero-order chi connectivity index (χ0) is 10.8. The van der Waals surface area contributed by atoms with Crippen molar-refractivity contribution in [1.29, 1.82) is 0 Å². The van der Waals surface area contributed by atoms with Crippen LogP contribution in [0.5, 0.6) is 0 Å². The van der Waals surface area contributed by atoms with Crippen molar-refractivity contribution >= 4 is 11.3 Å². The molecule has 0 nitrogen and oxygen atoms in total. The Balaban J connectivity index is 0.000000461. The average molecular weight is 218 g/mol. The van der Waals surface area contributed by atoms with Crippen molar-refractivity contribution in [2.24, 2.45) is 0 Å². The fraction of sp³-hybridized carbons (Fsp3) is 0.636. The van der Waals surface area contributed by atoms with Crippen LogP contribution in [-0.4, -0.2) is 0 Å². The number of rotatable bonds is 0. The summed E-state index contributed by atoms with van der Waals surface area (Å²) >= 11 is 1.51. The number of thiophene rings is 1. The maximum Gasteiger partial charge on any atom is 0.274 e. The van der Waals surface area contributed by atoms with Crippen molar-refractivity contribution in [3.8, 4) is 0 Å². The molecule has 1 aromatic heterocycles. The van der Waals surface area contributed by atoms with Gasteiger partial charge in [0.05, 0.1) is 0 Å². The van der Waals surface area contributed by atoms with E-state index in [9.17, 15) is 8.78 Å². The first-order valence-corrected chi connectivity index (χ1v) is 5.89. The Morgan fingerprint density at radius 2 is 2.00 bits per heavy atom. The normalized spacial score (nSPS) is 18.1. The van der Waals surface area contributed by atoms with Crippen LogP contribution in [-0.2, 0) is 12.3 Å². The highest BCUT2D eigenvalue weighted by atomic mass is 32.1. The molecule has 0 amide bonds. The maximum atomic E-state index is 13.2. The van der Waals surface area contributed by atoms with E-state index in [4.69, 9.17) is 0 Å². The van der Waals surface area contributed by atoms with E-state index in [2.05, 4.69) is 0 Å². The van der Waals surface area contributed by atoms with Gasteiger partial charge in [-0.1, -0.05) is 13.8 Å². The third-order valence-corrected chi connectivity index (χ3v) is 3.33. The molecular weight excluding hydrogens is 202 g/mol. The second-order valence-electron chi connectivity index (χ2n) is 3.25. The summed E-state index contributed by atoms with van der Waals surface area (Å²) in [5.74, 6) is -2.56. The van der Waals surface area contributed by atoms with Gasteiger partial charge in [0.1, 0.15) is 0 Å². The predicted molar refractivity (Wildman–Crippen MR) is 57.2 cm³/mol. The molecule has 0 aliphatic heterocycles. The summed E-state index contributed by atoms with van der Waals surface area (Å²) in [5, 5.41) is 0. The molecule has 0 atom stereocenters. The minimum Gasteiger partial charge on any atom is -0.201 e. The Labute approximate surface area is 88.0 Å². The van der Waals surface area contributed by atoms with E-state index in [1.165, 1.54) is 11.3 Å². The van der Waals surface area contributed by atoms with Gasteiger partial charge in [0, 0.05) is 21.7 Å². The number of hydrogen-bond donors (Lipinski definition) is 0. The van der Waals surface area contributed by atoms with Gasteiger partial charge >= 0.3 is 0 Å². The van der Waals surface area contributed by atoms with Crippen LogP contribution in [0.3, 0.4) is 0 Å². The van der Waals surface area contributed by atoms with Crippen molar-refractivity contribution in [2.75, 3.05) is 0 Å². The third-order valence-electron chi connectivity index (χ3n) is 2.22. The molecule has 0 aromatic carbocycles. The molecule has 0 radical (unpaired) electrons. The van der Waals surface area contributed by atoms with Gasteiger partial charge in [0.15, 0.2) is 0 Å². The van der Waals surface area contributed by atoms with E-state index >= 15 is 0 Å². The second-order valence-corrected chi connectivity index (χ2v) is 4.59. The lowest BCUT2D eigenvalue weighted by molar-refractivity contribution is -0.0208. The minimum atomic E-state index is -2.56. The first kappa shape index (κ1) is 11.6. The van der Waals surface area contributed by atoms with E-state index in [1.54, 1.807) is 6.07 Å². The molecule has 0 fully saturated rings. The monoisotopic (exact) mass is 218 g/mol. The topological polar surface area (TPSA) is 0 Å². The van der Waals surface area contributed by atoms with Crippen LogP contribution in [0.1, 0.15) is 42.0 Å². The van der Waals surface area contributed by atoms with Crippen molar-refractivity contribution in [3.63, 3.8) is 0 Å². The molecule has 1 aliphatic rings. The number of aryl methyl sites for hydroxylation is 2. The molecule has 2 rings (SSSR count). The molecule has 0 unspecified atom stereocenters. The Bertz CT molecular complexity index is 302. The fourth-order valence-corrected chi connectivity index (χ4v) is 2.79. The highest BCUT2D eigenvalue weighted by Crippen LogP contribution is 2.43. The summed E-state index contributed by atoms with van der Waals surface area (Å²) in [5.41, 5.74) is 0.288. The Hall–Kier alpha value is -0.440. The lowest BCUT2D eigenvalue weighted by atomic mass is 9.95. The van der Waals surface area contributed by atoms with Crippen molar-refractivity contribution in [2.45, 2.75) is 46.0 Å². The molecule has 80 valence electrons. The van der Waals surface area contributed by atoms with Gasteiger partial charge in [-0.05, 0) is 25.8 Å². The van der Waals surface area contributed by atoms with Crippen LogP contribution >= 0.6 is 11.3 Å². The molecule has 0 spiro atoms. The van der Waals surface area contributed by atoms with Crippen molar-refractivity contribution < 1.29 is 8.78 Å². The van der Waals surface area contributed by atoms with Crippen molar-refractivity contribution in [3.05, 3.63) is 21.4 Å². The van der Waals surface area contributed by atoms with Gasteiger partial charge in [0.2, 0.25) is 0 Å². The van der Waals surface area contributed by atoms with Gasteiger partial charge < -0.3 is 0 Å². The van der Waals surface area contributed by atoms with Gasteiger partial charge in [-0.3, -0.25) is 0 Å². The van der Waals surface area contributed by atoms with Gasteiger partial charge in [-0.25, -0.2) is 8.78 Å². The molecular formula is C11H16F2S. The van der Waals surface area contributed by atoms with Crippen molar-refractivity contribution in [1.82, 2.24) is 0 Å². The van der Waals surface area contributed by atoms with E-state index in [0.29, 0.717) is 6.42 Å². The molecule has 14 heavy (non-hydrogen) atoms. The van der Waals surface area contributed by atoms with Crippen LogP contribution in [0.2, 0.25) is 0 Å². The molecule has 0 N–H and O–H groups in total. The van der Waals surface area contributed by atoms with E-state index in [1.807, 2.05) is 20.8 Å². The van der Waals surface area contributed by atoms with E-state index in [0.717, 1.165) is 16.2 Å². The minimum absolute atomic E-state index is 0.0240. The zero-order valence-corrected chi connectivity index (χ0v) is 9.68. The number of hydrogen-bond acceptors (Lipinski definition) is 1. The predicted octanol–water partition coefficient (Wildman–Crippen LogP) is 4.51. The summed E-state index contributed by atoms with van der Waals surface area (Å²) < 4.78 is 26.4. The summed E-state index contributed by atoms with van der Waals surface area (Å²) in [7, 11) is 0. The SMILES string of the molecule is CC.Cc1cc2c(s1)CCCC2(F)F. The van der Waals surface area contributed by atoms with Crippen LogP contribution < -0.4 is 0 Å². The van der Waals surface area contributed by atoms with Crippen LogP contribution in [0.15, 0.2) is 6.07 Å². The molecule has 0 saturated carbocycles. The fourth-order valence-electron chi connectivity index (χ4n) is 1.66. The highest BCUT2D eigenvalue weighted by molar-refractivity contribution is 7.12. The smallest absolute Gasteiger partial charge is 0.201 e. The average Bonchev–Trinajstić information content (AvgIpc) is 2.50. The van der Waals surface area contributed by atoms with Crippen LogP contribution in [0.25, 0.3) is 0 Å². The molecule has 0 bridgehead atoms. The molecule has 3 heteroatoms. The van der Waals surface area contributed by atoms with E-state index < -0.39 is 5.92 Å². The lowest BCUT2D eigenvalue weighted by Gasteiger charge is -2.21. The molecule has 0 saturated heterocycles. The maximum absolute atomic E-state index is 13.2. The summed E-state index contributed by atoms with van der Waals surface area (Å²) in [6, 6.07) is 1.64. The highest BCUT2D eigenvalue weighted by Gasteiger charge is 2.37. The summed E-state index contributed by atoms with van der Waals surface area (Å²) in [6.07, 6.45) is 1.49. The molecule has 1 heterocycles. The van der Waals surface area contributed by atoms with Crippen LogP contribution in [0.4, 0.5) is 8.78 Å². The summed E-state index contributed by atoms with van der Waals surface area (Å²) in [6.45, 7) is 5.89. The summed E-state index contributed by atoms with van der Waals surface area (Å²) in [4.78, 5) is 1.89. The first-order chi connectivity index (χ1) is 6.59. The van der Waals surface area contributed by atoms with Crippen LogP contribution in [0, 0.1) is 6.92 Å². The Kier molecular flexibility index (Phi) is 3.65. The number of fused-ring (bicyclic) bond motifs is 1. The van der Waals surface area contributed by atoms with E-state index in [-0.39, 0.29) is 12.0 Å². The zero-order valence-electron chi connectivity index (χ0n) is 8.86. The standard InChI is InChI=1S/C9H10F2S.C2H6/c1-6-5-7-8(12-6)3-2-4-9(7,10)11;1-2/h5H,2-4H2,1H3;1-2H3. The Morgan fingerprint density at radius 3 is 2.57 bits per heavy atom. The second kappa shape index (κ2) is 4.39. The third kappa shape index (κ3) is 2.14. The number of alkyl halides is 2. The quantitative estimate of drug-likeness (QED) is 0.601. The number of halogens is 2. The largest absolute Gasteiger partial charge is 0.274 e. The Morgan fingerprint density at radius 1 is 1.36 bits per heavy atom. The van der Waals surface area contributed by atoms with Gasteiger partial charge in [-0.15, -0.1) is 11.3 Å². The van der Waals surface area contributed by atoms with Gasteiger partial charge in [-0.2, -0.15) is 0 Å². The molecule has 1 aliphatic carbocycles. The van der Waals surface area contributed by atoms with Gasteiger partial charge in [0.25, 0.3) is 5.92 Å².